The molecule has 3 nitrogen and oxygen atoms in total. The molecule has 0 amide bonds. The van der Waals surface area contributed by atoms with E-state index in [0.717, 1.165) is 23.9 Å². The van der Waals surface area contributed by atoms with Gasteiger partial charge < -0.3 is 9.84 Å². The summed E-state index contributed by atoms with van der Waals surface area (Å²) >= 11 is 0. The second-order valence-electron chi connectivity index (χ2n) is 5.31. The van der Waals surface area contributed by atoms with E-state index in [-0.39, 0.29) is 0 Å². The number of hydrogen-bond acceptors (Lipinski definition) is 3. The molecule has 0 aromatic carbocycles. The fourth-order valence-corrected chi connectivity index (χ4v) is 2.78. The van der Waals surface area contributed by atoms with Crippen molar-refractivity contribution in [2.24, 2.45) is 5.92 Å². The fraction of sp³-hybridized carbons (Fsp3) is 0.786. The van der Waals surface area contributed by atoms with Crippen molar-refractivity contribution in [1.82, 2.24) is 10.5 Å². The van der Waals surface area contributed by atoms with E-state index in [0.29, 0.717) is 6.04 Å². The Morgan fingerprint density at radius 1 is 1.24 bits per heavy atom. The van der Waals surface area contributed by atoms with Gasteiger partial charge in [-0.3, -0.25) is 0 Å². The summed E-state index contributed by atoms with van der Waals surface area (Å²) < 4.78 is 5.18. The van der Waals surface area contributed by atoms with Gasteiger partial charge in [0.2, 0.25) is 0 Å². The third-order valence-electron chi connectivity index (χ3n) is 4.17. The maximum absolute atomic E-state index is 5.18. The summed E-state index contributed by atoms with van der Waals surface area (Å²) in [5, 5.41) is 7.64. The minimum atomic E-state index is 0.687. The molecule has 0 saturated heterocycles. The fourth-order valence-electron chi connectivity index (χ4n) is 2.78. The molecule has 1 fully saturated rings. The molecule has 1 aromatic heterocycles. The van der Waals surface area contributed by atoms with E-state index in [1.54, 1.807) is 0 Å². The van der Waals surface area contributed by atoms with E-state index in [2.05, 4.69) is 17.4 Å². The molecule has 96 valence electrons. The van der Waals surface area contributed by atoms with Gasteiger partial charge in [0.1, 0.15) is 5.76 Å². The highest BCUT2D eigenvalue weighted by Crippen LogP contribution is 2.26. The minimum absolute atomic E-state index is 0.687. The van der Waals surface area contributed by atoms with Gasteiger partial charge in [0.15, 0.2) is 0 Å². The number of aromatic nitrogens is 1. The van der Waals surface area contributed by atoms with E-state index < -0.39 is 0 Å². The summed E-state index contributed by atoms with van der Waals surface area (Å²) in [7, 11) is 0. The van der Waals surface area contributed by atoms with Crippen molar-refractivity contribution in [2.75, 3.05) is 0 Å². The maximum Gasteiger partial charge on any atom is 0.138 e. The molecule has 1 aromatic rings. The molecule has 0 spiro atoms. The van der Waals surface area contributed by atoms with Crippen LogP contribution >= 0.6 is 0 Å². The lowest BCUT2D eigenvalue weighted by Gasteiger charge is -2.28. The Labute approximate surface area is 104 Å². The Balaban J connectivity index is 1.80. The van der Waals surface area contributed by atoms with Crippen molar-refractivity contribution >= 4 is 0 Å². The molecule has 0 radical (unpaired) electrons. The number of nitrogens with one attached hydrogen (secondary N) is 1. The van der Waals surface area contributed by atoms with Gasteiger partial charge in [0, 0.05) is 18.2 Å². The van der Waals surface area contributed by atoms with Crippen molar-refractivity contribution in [3.05, 3.63) is 17.0 Å². The molecule has 1 N–H and O–H groups in total. The van der Waals surface area contributed by atoms with Gasteiger partial charge in [-0.25, -0.2) is 0 Å². The monoisotopic (exact) mass is 236 g/mol. The first-order valence-electron chi connectivity index (χ1n) is 6.85. The molecule has 17 heavy (non-hydrogen) atoms. The zero-order chi connectivity index (χ0) is 12.3. The second-order valence-corrected chi connectivity index (χ2v) is 5.31. The number of rotatable bonds is 4. The van der Waals surface area contributed by atoms with Crippen LogP contribution in [0.15, 0.2) is 4.52 Å². The first-order chi connectivity index (χ1) is 8.20. The highest BCUT2D eigenvalue weighted by atomic mass is 16.5. The smallest absolute Gasteiger partial charge is 0.138 e. The van der Waals surface area contributed by atoms with Crippen LogP contribution in [-0.4, -0.2) is 11.2 Å². The number of aryl methyl sites for hydroxylation is 2. The van der Waals surface area contributed by atoms with Crippen molar-refractivity contribution in [1.29, 1.82) is 0 Å². The molecule has 1 heterocycles. The molecule has 2 rings (SSSR count). The van der Waals surface area contributed by atoms with Crippen LogP contribution in [0.3, 0.4) is 0 Å². The van der Waals surface area contributed by atoms with Gasteiger partial charge in [-0.1, -0.05) is 18.5 Å². The number of nitrogens with zero attached hydrogens (tertiary/aromatic N) is 1. The summed E-state index contributed by atoms with van der Waals surface area (Å²) in [5.74, 6) is 1.92. The zero-order valence-corrected chi connectivity index (χ0v) is 11.3. The predicted octanol–water partition coefficient (Wildman–Crippen LogP) is 3.35. The summed E-state index contributed by atoms with van der Waals surface area (Å²) in [6.45, 7) is 7.22. The average molecular weight is 236 g/mol. The summed E-state index contributed by atoms with van der Waals surface area (Å²) in [4.78, 5) is 0. The molecule has 0 atom stereocenters. The highest BCUT2D eigenvalue weighted by molar-refractivity contribution is 5.20. The standard InChI is InChI=1S/C14H24N2O/c1-4-12-5-7-13(8-6-12)15-9-14-10(2)16-17-11(14)3/h12-13,15H,4-9H2,1-3H3. The van der Waals surface area contributed by atoms with Crippen molar-refractivity contribution in [3.8, 4) is 0 Å². The molecule has 0 unspecified atom stereocenters. The first-order valence-corrected chi connectivity index (χ1v) is 6.85. The Bertz CT molecular complexity index is 332. The van der Waals surface area contributed by atoms with Crippen LogP contribution in [0.4, 0.5) is 0 Å². The van der Waals surface area contributed by atoms with Crippen LogP contribution in [0.1, 0.15) is 56.0 Å². The zero-order valence-electron chi connectivity index (χ0n) is 11.3. The Kier molecular flexibility index (Phi) is 4.21. The van der Waals surface area contributed by atoms with E-state index in [4.69, 9.17) is 4.52 Å². The van der Waals surface area contributed by atoms with Crippen LogP contribution in [0.5, 0.6) is 0 Å². The third-order valence-corrected chi connectivity index (χ3v) is 4.17. The van der Waals surface area contributed by atoms with Crippen molar-refractivity contribution < 1.29 is 4.52 Å². The van der Waals surface area contributed by atoms with Gasteiger partial charge in [-0.05, 0) is 45.4 Å². The van der Waals surface area contributed by atoms with E-state index in [1.807, 2.05) is 13.8 Å². The van der Waals surface area contributed by atoms with Gasteiger partial charge >= 0.3 is 0 Å². The normalized spacial score (nSPS) is 25.1. The van der Waals surface area contributed by atoms with E-state index in [1.165, 1.54) is 37.7 Å². The predicted molar refractivity (Wildman–Crippen MR) is 68.9 cm³/mol. The lowest BCUT2D eigenvalue weighted by atomic mass is 9.84. The molecule has 0 bridgehead atoms. The minimum Gasteiger partial charge on any atom is -0.361 e. The van der Waals surface area contributed by atoms with Crippen molar-refractivity contribution in [3.63, 3.8) is 0 Å². The van der Waals surface area contributed by atoms with Gasteiger partial charge in [-0.2, -0.15) is 0 Å². The highest BCUT2D eigenvalue weighted by Gasteiger charge is 2.20. The SMILES string of the molecule is CCC1CCC(NCc2c(C)noc2C)CC1. The first kappa shape index (κ1) is 12.6. The lowest BCUT2D eigenvalue weighted by molar-refractivity contribution is 0.285. The second kappa shape index (κ2) is 5.67. The third kappa shape index (κ3) is 3.09. The van der Waals surface area contributed by atoms with Crippen molar-refractivity contribution in [2.45, 2.75) is 65.5 Å². The summed E-state index contributed by atoms with van der Waals surface area (Å²) in [6.07, 6.45) is 6.76. The Morgan fingerprint density at radius 3 is 2.47 bits per heavy atom. The molecule has 3 heteroatoms. The quantitative estimate of drug-likeness (QED) is 0.871. The van der Waals surface area contributed by atoms with Crippen LogP contribution < -0.4 is 5.32 Å². The Morgan fingerprint density at radius 2 is 1.94 bits per heavy atom. The van der Waals surface area contributed by atoms with Crippen LogP contribution in [-0.2, 0) is 6.54 Å². The van der Waals surface area contributed by atoms with Gasteiger partial charge in [0.25, 0.3) is 0 Å². The van der Waals surface area contributed by atoms with Gasteiger partial charge in [0.05, 0.1) is 5.69 Å². The Hall–Kier alpha value is -0.830. The summed E-state index contributed by atoms with van der Waals surface area (Å²) in [6, 6.07) is 0.687. The molecular weight excluding hydrogens is 212 g/mol. The molecule has 1 aliphatic rings. The average Bonchev–Trinajstić information content (AvgIpc) is 2.67. The topological polar surface area (TPSA) is 38.1 Å². The van der Waals surface area contributed by atoms with E-state index in [9.17, 15) is 0 Å². The molecule has 1 aliphatic carbocycles. The molecule has 1 saturated carbocycles. The maximum atomic E-state index is 5.18. The molecular formula is C14H24N2O. The largest absolute Gasteiger partial charge is 0.361 e. The lowest BCUT2D eigenvalue weighted by Crippen LogP contribution is -2.32. The molecule has 0 aliphatic heterocycles. The van der Waals surface area contributed by atoms with Crippen LogP contribution in [0.25, 0.3) is 0 Å². The van der Waals surface area contributed by atoms with Crippen LogP contribution in [0, 0.1) is 19.8 Å². The van der Waals surface area contributed by atoms with Gasteiger partial charge in [-0.15, -0.1) is 0 Å². The van der Waals surface area contributed by atoms with Crippen LogP contribution in [0.2, 0.25) is 0 Å². The van der Waals surface area contributed by atoms with E-state index >= 15 is 0 Å². The number of hydrogen-bond donors (Lipinski definition) is 1. The summed E-state index contributed by atoms with van der Waals surface area (Å²) in [5.41, 5.74) is 2.26.